The average Bonchev–Trinajstić information content (AvgIpc) is 2.83. The smallest absolute Gasteiger partial charge is 0.407 e. The van der Waals surface area contributed by atoms with Gasteiger partial charge in [-0.2, -0.15) is 0 Å². The van der Waals surface area contributed by atoms with Gasteiger partial charge in [0.25, 0.3) is 8.32 Å². The molecule has 1 N–H and O–H groups in total. The van der Waals surface area contributed by atoms with Gasteiger partial charge in [0.1, 0.15) is 5.60 Å². The van der Waals surface area contributed by atoms with Crippen LogP contribution in [0.3, 0.4) is 0 Å². The minimum atomic E-state index is -2.53. The fraction of sp³-hybridized carbons (Fsp3) is 0.581. The number of alkyl carbamates (subject to hydrolysis) is 1. The van der Waals surface area contributed by atoms with Crippen LogP contribution < -0.4 is 15.7 Å². The average molecular weight is 527 g/mol. The number of carbonyl (C=O) groups is 1. The first-order chi connectivity index (χ1) is 17.7. The lowest BCUT2D eigenvalue weighted by molar-refractivity contribution is 0.000317. The first kappa shape index (κ1) is 27.9. The highest BCUT2D eigenvalue weighted by Gasteiger charge is 2.50. The summed E-state index contributed by atoms with van der Waals surface area (Å²) in [4.78, 5) is 12.1. The van der Waals surface area contributed by atoms with E-state index >= 15 is 0 Å². The molecule has 0 saturated heterocycles. The Labute approximate surface area is 226 Å². The number of hydrogen-bond acceptors (Lipinski definition) is 4. The van der Waals surface area contributed by atoms with E-state index < -0.39 is 26.0 Å². The second-order valence-corrected chi connectivity index (χ2v) is 16.6. The predicted molar refractivity (Wildman–Crippen MR) is 154 cm³/mol. The monoisotopic (exact) mass is 526 g/mol. The van der Waals surface area contributed by atoms with Gasteiger partial charge < -0.3 is 19.2 Å². The Morgan fingerprint density at radius 2 is 1.46 bits per heavy atom. The van der Waals surface area contributed by atoms with Crippen molar-refractivity contribution in [2.24, 2.45) is 5.92 Å². The molecule has 1 saturated carbocycles. The van der Waals surface area contributed by atoms with E-state index in [0.29, 0.717) is 5.92 Å². The molecule has 0 bridgehead atoms. The fourth-order valence-corrected chi connectivity index (χ4v) is 9.87. The summed E-state index contributed by atoms with van der Waals surface area (Å²) in [6.07, 6.45) is 3.40. The van der Waals surface area contributed by atoms with Crippen LogP contribution in [0.1, 0.15) is 75.5 Å². The molecule has 2 aromatic carbocycles. The van der Waals surface area contributed by atoms with E-state index in [-0.39, 0.29) is 17.7 Å². The standard InChI is InChI=1S/C31H47NO4Si/c1-24(32-29(33)36-30(2,3)4)22-34-26-20-18-25(19-21-26)23-35-37(31(5,6)7,27-14-10-8-11-15-27)28-16-12-9-13-17-28/h8-17,24-26H,18-23H2,1-7H3,(H,32,33)/t24-,25?,26?/m0/s1/i24D. The molecular formula is C31H47NO4Si. The lowest BCUT2D eigenvalue weighted by Gasteiger charge is -2.44. The molecule has 5 nitrogen and oxygen atoms in total. The van der Waals surface area contributed by atoms with Crippen molar-refractivity contribution in [2.45, 2.75) is 96.9 Å². The van der Waals surface area contributed by atoms with Gasteiger partial charge in [0.2, 0.25) is 0 Å². The van der Waals surface area contributed by atoms with Crippen LogP contribution in [0.25, 0.3) is 0 Å². The highest BCUT2D eigenvalue weighted by atomic mass is 28.4. The number of rotatable bonds is 9. The highest BCUT2D eigenvalue weighted by Crippen LogP contribution is 2.38. The van der Waals surface area contributed by atoms with Gasteiger partial charge in [0.15, 0.2) is 0 Å². The zero-order valence-electron chi connectivity index (χ0n) is 24.8. The third-order valence-electron chi connectivity index (χ3n) is 7.00. The maximum Gasteiger partial charge on any atom is 0.407 e. The number of nitrogens with one attached hydrogen (secondary N) is 1. The van der Waals surface area contributed by atoms with Gasteiger partial charge in [-0.05, 0) is 74.7 Å². The molecule has 0 heterocycles. The van der Waals surface area contributed by atoms with Crippen molar-refractivity contribution in [2.75, 3.05) is 13.2 Å². The SMILES string of the molecule is [2H][C@](C)(COC1CCC(CO[Si](c2ccccc2)(c2ccccc2)C(C)(C)C)CC1)NC(=O)OC(C)(C)C. The molecule has 1 amide bonds. The minimum absolute atomic E-state index is 0.0320. The fourth-order valence-electron chi connectivity index (χ4n) is 5.23. The summed E-state index contributed by atoms with van der Waals surface area (Å²) in [5.74, 6) is 0.471. The molecule has 1 aliphatic rings. The van der Waals surface area contributed by atoms with Crippen molar-refractivity contribution in [1.82, 2.24) is 5.32 Å². The molecule has 1 atom stereocenters. The van der Waals surface area contributed by atoms with Crippen LogP contribution in [0, 0.1) is 5.92 Å². The van der Waals surface area contributed by atoms with Crippen molar-refractivity contribution < 1.29 is 20.1 Å². The van der Waals surface area contributed by atoms with Gasteiger partial charge in [0, 0.05) is 6.61 Å². The van der Waals surface area contributed by atoms with E-state index in [2.05, 4.69) is 86.8 Å². The Hall–Kier alpha value is -2.15. The lowest BCUT2D eigenvalue weighted by Crippen LogP contribution is -2.67. The largest absolute Gasteiger partial charge is 0.444 e. The van der Waals surface area contributed by atoms with Gasteiger partial charge in [-0.15, -0.1) is 0 Å². The molecule has 0 spiro atoms. The third kappa shape index (κ3) is 8.16. The molecular weight excluding hydrogens is 478 g/mol. The number of ether oxygens (including phenoxy) is 2. The van der Waals surface area contributed by atoms with Gasteiger partial charge in [-0.3, -0.25) is 0 Å². The maximum atomic E-state index is 12.1. The quantitative estimate of drug-likeness (QED) is 0.404. The molecule has 1 fully saturated rings. The minimum Gasteiger partial charge on any atom is -0.444 e. The summed E-state index contributed by atoms with van der Waals surface area (Å²) in [5, 5.41) is 5.19. The topological polar surface area (TPSA) is 56.8 Å². The first-order valence-corrected chi connectivity index (χ1v) is 15.5. The molecule has 1 aliphatic carbocycles. The van der Waals surface area contributed by atoms with Crippen LogP contribution in [0.2, 0.25) is 5.04 Å². The van der Waals surface area contributed by atoms with E-state index in [1.165, 1.54) is 10.4 Å². The van der Waals surface area contributed by atoms with Gasteiger partial charge >= 0.3 is 6.09 Å². The van der Waals surface area contributed by atoms with Crippen LogP contribution in [-0.2, 0) is 13.9 Å². The summed E-state index contributed by atoms with van der Waals surface area (Å²) < 4.78 is 26.9. The summed E-state index contributed by atoms with van der Waals surface area (Å²) >= 11 is 0. The Morgan fingerprint density at radius 3 is 1.92 bits per heavy atom. The number of carbonyl (C=O) groups excluding carboxylic acids is 1. The summed E-state index contributed by atoms with van der Waals surface area (Å²) in [6.45, 7) is 14.9. The highest BCUT2D eigenvalue weighted by molar-refractivity contribution is 6.99. The van der Waals surface area contributed by atoms with Crippen LogP contribution in [-0.4, -0.2) is 45.3 Å². The van der Waals surface area contributed by atoms with Gasteiger partial charge in [0.05, 0.1) is 20.1 Å². The molecule has 6 heteroatoms. The zero-order valence-corrected chi connectivity index (χ0v) is 24.8. The molecule has 0 unspecified atom stereocenters. The van der Waals surface area contributed by atoms with Crippen molar-refractivity contribution in [1.29, 1.82) is 0 Å². The lowest BCUT2D eigenvalue weighted by atomic mass is 9.88. The summed E-state index contributed by atoms with van der Waals surface area (Å²) in [7, 11) is -2.53. The number of benzene rings is 2. The summed E-state index contributed by atoms with van der Waals surface area (Å²) in [5.41, 5.74) is -0.601. The van der Waals surface area contributed by atoms with E-state index in [1.807, 2.05) is 0 Å². The predicted octanol–water partition coefficient (Wildman–Crippen LogP) is 6.05. The second kappa shape index (κ2) is 12.6. The molecule has 0 radical (unpaired) electrons. The Morgan fingerprint density at radius 1 is 0.946 bits per heavy atom. The first-order valence-electron chi connectivity index (χ1n) is 14.1. The van der Waals surface area contributed by atoms with Crippen LogP contribution in [0.4, 0.5) is 4.79 Å². The number of hydrogen-bond donors (Lipinski definition) is 1. The molecule has 37 heavy (non-hydrogen) atoms. The zero-order chi connectivity index (χ0) is 28.0. The van der Waals surface area contributed by atoms with Crippen molar-refractivity contribution in [3.63, 3.8) is 0 Å². The molecule has 0 aliphatic heterocycles. The van der Waals surface area contributed by atoms with Crippen molar-refractivity contribution >= 4 is 24.8 Å². The number of amides is 1. The Kier molecular flexibility index (Phi) is 9.49. The van der Waals surface area contributed by atoms with E-state index in [0.717, 1.165) is 32.3 Å². The molecule has 204 valence electrons. The van der Waals surface area contributed by atoms with Gasteiger partial charge in [-0.1, -0.05) is 81.4 Å². The van der Waals surface area contributed by atoms with E-state index in [4.69, 9.17) is 15.3 Å². The van der Waals surface area contributed by atoms with E-state index in [9.17, 15) is 4.79 Å². The molecule has 3 rings (SSSR count). The third-order valence-corrected chi connectivity index (χ3v) is 12.0. The molecule has 0 aromatic heterocycles. The Balaban J connectivity index is 1.60. The summed E-state index contributed by atoms with van der Waals surface area (Å²) in [6, 6.07) is 20.3. The van der Waals surface area contributed by atoms with Crippen LogP contribution in [0.15, 0.2) is 60.7 Å². The van der Waals surface area contributed by atoms with Gasteiger partial charge in [-0.25, -0.2) is 4.79 Å². The van der Waals surface area contributed by atoms with E-state index in [1.54, 1.807) is 27.7 Å². The molecule has 2 aromatic rings. The Bertz CT molecular complexity index is 970. The van der Waals surface area contributed by atoms with Crippen molar-refractivity contribution in [3.8, 4) is 0 Å². The van der Waals surface area contributed by atoms with Crippen molar-refractivity contribution in [3.05, 3.63) is 60.7 Å². The van der Waals surface area contributed by atoms with Crippen LogP contribution in [0.5, 0.6) is 0 Å². The second-order valence-electron chi connectivity index (χ2n) is 12.3. The normalized spacial score (nSPS) is 21.0. The maximum absolute atomic E-state index is 12.1. The van der Waals surface area contributed by atoms with Crippen LogP contribution >= 0.6 is 0 Å².